The number of nitrogen functional groups attached to an aromatic ring is 1. The minimum Gasteiger partial charge on any atom is -0.440 e. The lowest BCUT2D eigenvalue weighted by molar-refractivity contribution is 0.530. The van der Waals surface area contributed by atoms with Crippen LogP contribution >= 0.6 is 23.4 Å². The standard InChI is InChI=1S/C16H13ClN2OS/c17-12-3-1-2-11(8-12)15-9-19-16(20-15)10-21-14-6-4-13(18)5-7-14/h1-9H,10,18H2. The number of aromatic nitrogens is 1. The van der Waals surface area contributed by atoms with Gasteiger partial charge in [0, 0.05) is 21.2 Å². The number of oxazole rings is 1. The molecular weight excluding hydrogens is 304 g/mol. The Bertz CT molecular complexity index is 740. The third-order valence-electron chi connectivity index (χ3n) is 2.91. The molecule has 0 saturated heterocycles. The van der Waals surface area contributed by atoms with Gasteiger partial charge in [-0.2, -0.15) is 0 Å². The molecule has 2 N–H and O–H groups in total. The topological polar surface area (TPSA) is 52.0 Å². The molecule has 5 heteroatoms. The third-order valence-corrected chi connectivity index (χ3v) is 4.14. The first-order chi connectivity index (χ1) is 10.2. The quantitative estimate of drug-likeness (QED) is 0.551. The van der Waals surface area contributed by atoms with Crippen LogP contribution in [0.1, 0.15) is 5.89 Å². The van der Waals surface area contributed by atoms with E-state index in [-0.39, 0.29) is 0 Å². The molecule has 1 aromatic heterocycles. The number of nitrogens with zero attached hydrogens (tertiary/aromatic N) is 1. The van der Waals surface area contributed by atoms with Crippen LogP contribution in [0.3, 0.4) is 0 Å². The Morgan fingerprint density at radius 3 is 2.71 bits per heavy atom. The molecule has 0 unspecified atom stereocenters. The summed E-state index contributed by atoms with van der Waals surface area (Å²) in [7, 11) is 0. The molecule has 0 amide bonds. The number of hydrogen-bond donors (Lipinski definition) is 1. The number of anilines is 1. The van der Waals surface area contributed by atoms with Crippen LogP contribution < -0.4 is 5.73 Å². The molecule has 3 nitrogen and oxygen atoms in total. The highest BCUT2D eigenvalue weighted by Crippen LogP contribution is 2.27. The van der Waals surface area contributed by atoms with E-state index in [1.54, 1.807) is 18.0 Å². The summed E-state index contributed by atoms with van der Waals surface area (Å²) in [5.74, 6) is 2.09. The van der Waals surface area contributed by atoms with Crippen molar-refractivity contribution in [3.05, 3.63) is 65.6 Å². The van der Waals surface area contributed by atoms with E-state index in [0.29, 0.717) is 16.7 Å². The number of benzene rings is 2. The van der Waals surface area contributed by atoms with Crippen LogP contribution in [0.5, 0.6) is 0 Å². The predicted molar refractivity (Wildman–Crippen MR) is 87.4 cm³/mol. The van der Waals surface area contributed by atoms with Crippen molar-refractivity contribution in [1.29, 1.82) is 0 Å². The number of nitrogens with two attached hydrogens (primary N) is 1. The fraction of sp³-hybridized carbons (Fsp3) is 0.0625. The summed E-state index contributed by atoms with van der Waals surface area (Å²) < 4.78 is 5.75. The van der Waals surface area contributed by atoms with E-state index in [1.807, 2.05) is 48.5 Å². The van der Waals surface area contributed by atoms with Crippen molar-refractivity contribution in [2.75, 3.05) is 5.73 Å². The fourth-order valence-corrected chi connectivity index (χ4v) is 2.80. The average molecular weight is 317 g/mol. The maximum atomic E-state index is 5.98. The van der Waals surface area contributed by atoms with Crippen LogP contribution in [-0.4, -0.2) is 4.98 Å². The summed E-state index contributed by atoms with van der Waals surface area (Å²) in [6.07, 6.45) is 1.73. The van der Waals surface area contributed by atoms with Crippen molar-refractivity contribution in [2.45, 2.75) is 10.6 Å². The van der Waals surface area contributed by atoms with Crippen LogP contribution in [0, 0.1) is 0 Å². The third kappa shape index (κ3) is 3.60. The van der Waals surface area contributed by atoms with Crippen LogP contribution in [0.4, 0.5) is 5.69 Å². The molecule has 0 fully saturated rings. The minimum absolute atomic E-state index is 0.671. The van der Waals surface area contributed by atoms with Gasteiger partial charge >= 0.3 is 0 Å². The van der Waals surface area contributed by atoms with Crippen LogP contribution in [-0.2, 0) is 5.75 Å². The minimum atomic E-state index is 0.671. The van der Waals surface area contributed by atoms with Gasteiger partial charge in [-0.25, -0.2) is 4.98 Å². The van der Waals surface area contributed by atoms with Gasteiger partial charge in [0.05, 0.1) is 11.9 Å². The Balaban J connectivity index is 1.69. The smallest absolute Gasteiger partial charge is 0.205 e. The van der Waals surface area contributed by atoms with E-state index in [2.05, 4.69) is 4.98 Å². The van der Waals surface area contributed by atoms with Crippen LogP contribution in [0.2, 0.25) is 5.02 Å². The molecule has 2 aromatic carbocycles. The summed E-state index contributed by atoms with van der Waals surface area (Å²) in [5, 5.41) is 0.682. The molecule has 106 valence electrons. The lowest BCUT2D eigenvalue weighted by atomic mass is 10.2. The van der Waals surface area contributed by atoms with Crippen molar-refractivity contribution in [3.63, 3.8) is 0 Å². The highest BCUT2D eigenvalue weighted by atomic mass is 35.5. The predicted octanol–water partition coefficient (Wildman–Crippen LogP) is 4.87. The molecule has 0 saturated carbocycles. The van der Waals surface area contributed by atoms with Crippen molar-refractivity contribution in [1.82, 2.24) is 4.98 Å². The lowest BCUT2D eigenvalue weighted by Crippen LogP contribution is -1.83. The maximum Gasteiger partial charge on any atom is 0.205 e. The molecule has 3 aromatic rings. The average Bonchev–Trinajstić information content (AvgIpc) is 2.96. The Kier molecular flexibility index (Phi) is 4.18. The maximum absolute atomic E-state index is 5.98. The Morgan fingerprint density at radius 1 is 1.14 bits per heavy atom. The van der Waals surface area contributed by atoms with Gasteiger partial charge in [0.1, 0.15) is 0 Å². The second-order valence-electron chi connectivity index (χ2n) is 4.49. The van der Waals surface area contributed by atoms with E-state index in [4.69, 9.17) is 21.8 Å². The summed E-state index contributed by atoms with van der Waals surface area (Å²) in [6, 6.07) is 15.3. The van der Waals surface area contributed by atoms with Crippen molar-refractivity contribution in [2.24, 2.45) is 0 Å². The molecule has 21 heavy (non-hydrogen) atoms. The van der Waals surface area contributed by atoms with Crippen molar-refractivity contribution in [3.8, 4) is 11.3 Å². The van der Waals surface area contributed by atoms with Crippen LogP contribution in [0.15, 0.2) is 64.0 Å². The van der Waals surface area contributed by atoms with Crippen molar-refractivity contribution < 1.29 is 4.42 Å². The second kappa shape index (κ2) is 6.24. The number of halogens is 1. The Hall–Kier alpha value is -1.91. The van der Waals surface area contributed by atoms with Gasteiger partial charge < -0.3 is 10.2 Å². The summed E-state index contributed by atoms with van der Waals surface area (Å²) in [4.78, 5) is 5.43. The highest BCUT2D eigenvalue weighted by Gasteiger charge is 2.07. The van der Waals surface area contributed by atoms with Gasteiger partial charge in [-0.3, -0.25) is 0 Å². The van der Waals surface area contributed by atoms with Gasteiger partial charge in [0.2, 0.25) is 5.89 Å². The Labute approximate surface area is 132 Å². The molecule has 1 heterocycles. The first-order valence-corrected chi connectivity index (χ1v) is 7.76. The molecule has 3 rings (SSSR count). The SMILES string of the molecule is Nc1ccc(SCc2ncc(-c3cccc(Cl)c3)o2)cc1. The summed E-state index contributed by atoms with van der Waals surface area (Å²) >= 11 is 7.64. The lowest BCUT2D eigenvalue weighted by Gasteiger charge is -2.00. The normalized spacial score (nSPS) is 10.7. The van der Waals surface area contributed by atoms with Gasteiger partial charge in [-0.15, -0.1) is 11.8 Å². The molecule has 0 radical (unpaired) electrons. The molecule has 0 aliphatic rings. The van der Waals surface area contributed by atoms with Crippen molar-refractivity contribution >= 4 is 29.1 Å². The molecule has 0 atom stereocenters. The molecular formula is C16H13ClN2OS. The largest absolute Gasteiger partial charge is 0.440 e. The van der Waals surface area contributed by atoms with E-state index in [0.717, 1.165) is 21.9 Å². The summed E-state index contributed by atoms with van der Waals surface area (Å²) in [5.41, 5.74) is 7.36. The zero-order valence-electron chi connectivity index (χ0n) is 11.1. The van der Waals surface area contributed by atoms with Crippen LogP contribution in [0.25, 0.3) is 11.3 Å². The van der Waals surface area contributed by atoms with E-state index < -0.39 is 0 Å². The summed E-state index contributed by atoms with van der Waals surface area (Å²) in [6.45, 7) is 0. The zero-order valence-corrected chi connectivity index (χ0v) is 12.7. The second-order valence-corrected chi connectivity index (χ2v) is 5.97. The first kappa shape index (κ1) is 14.0. The number of thioether (sulfide) groups is 1. The fourth-order valence-electron chi connectivity index (χ4n) is 1.86. The monoisotopic (exact) mass is 316 g/mol. The molecule has 0 spiro atoms. The van der Waals surface area contributed by atoms with Gasteiger partial charge in [-0.05, 0) is 36.4 Å². The number of hydrogen-bond acceptors (Lipinski definition) is 4. The van der Waals surface area contributed by atoms with E-state index in [9.17, 15) is 0 Å². The first-order valence-electron chi connectivity index (χ1n) is 6.40. The number of rotatable bonds is 4. The molecule has 0 bridgehead atoms. The van der Waals surface area contributed by atoms with Gasteiger partial charge in [-0.1, -0.05) is 23.7 Å². The van der Waals surface area contributed by atoms with Gasteiger partial charge in [0.15, 0.2) is 5.76 Å². The zero-order chi connectivity index (χ0) is 14.7. The molecule has 0 aliphatic carbocycles. The van der Waals surface area contributed by atoms with Gasteiger partial charge in [0.25, 0.3) is 0 Å². The van der Waals surface area contributed by atoms with E-state index in [1.165, 1.54) is 0 Å². The van der Waals surface area contributed by atoms with E-state index >= 15 is 0 Å². The Morgan fingerprint density at radius 2 is 1.95 bits per heavy atom. The molecule has 0 aliphatic heterocycles. The highest BCUT2D eigenvalue weighted by molar-refractivity contribution is 7.98.